The molecule has 0 unspecified atom stereocenters. The van der Waals surface area contributed by atoms with Crippen LogP contribution in [-0.2, 0) is 4.74 Å². The van der Waals surface area contributed by atoms with Crippen LogP contribution in [0.1, 0.15) is 48.4 Å². The molecule has 158 valence electrons. The van der Waals surface area contributed by atoms with Gasteiger partial charge in [-0.2, -0.15) is 4.68 Å². The number of carbonyl (C=O) groups excluding carboxylic acids is 1. The number of benzene rings is 2. The SMILES string of the molecule is COC[C@@H](C)NC(=O)c1cc(-c2ccc(C)cc2Cl)cc(-n2nnnc2C(C)C)c1. The van der Waals surface area contributed by atoms with Crippen LogP contribution in [0.5, 0.6) is 0 Å². The summed E-state index contributed by atoms with van der Waals surface area (Å²) >= 11 is 6.52. The number of ether oxygens (including phenoxy) is 1. The van der Waals surface area contributed by atoms with Gasteiger partial charge in [-0.15, -0.1) is 5.10 Å². The zero-order valence-corrected chi connectivity index (χ0v) is 18.6. The minimum absolute atomic E-state index is 0.116. The molecule has 1 heterocycles. The molecular weight excluding hydrogens is 402 g/mol. The lowest BCUT2D eigenvalue weighted by Gasteiger charge is -2.16. The van der Waals surface area contributed by atoms with E-state index in [9.17, 15) is 4.79 Å². The van der Waals surface area contributed by atoms with E-state index in [0.29, 0.717) is 28.7 Å². The first-order valence-electron chi connectivity index (χ1n) is 9.80. The Morgan fingerprint density at radius 2 is 1.97 bits per heavy atom. The summed E-state index contributed by atoms with van der Waals surface area (Å²) < 4.78 is 6.78. The number of methoxy groups -OCH3 is 1. The van der Waals surface area contributed by atoms with E-state index in [1.807, 2.05) is 58.0 Å². The molecule has 8 heteroatoms. The van der Waals surface area contributed by atoms with Gasteiger partial charge in [0.05, 0.1) is 12.3 Å². The summed E-state index contributed by atoms with van der Waals surface area (Å²) in [5, 5.41) is 15.7. The van der Waals surface area contributed by atoms with Gasteiger partial charge in [-0.3, -0.25) is 4.79 Å². The van der Waals surface area contributed by atoms with Crippen molar-refractivity contribution in [1.29, 1.82) is 0 Å². The van der Waals surface area contributed by atoms with Crippen LogP contribution >= 0.6 is 11.6 Å². The molecule has 2 aromatic carbocycles. The molecule has 7 nitrogen and oxygen atoms in total. The molecule has 0 aliphatic carbocycles. The number of aryl methyl sites for hydroxylation is 1. The Morgan fingerprint density at radius 3 is 2.63 bits per heavy atom. The Kier molecular flexibility index (Phi) is 6.84. The Balaban J connectivity index is 2.12. The third-order valence-electron chi connectivity index (χ3n) is 4.66. The highest BCUT2D eigenvalue weighted by Crippen LogP contribution is 2.31. The summed E-state index contributed by atoms with van der Waals surface area (Å²) in [5.74, 6) is 0.622. The largest absolute Gasteiger partial charge is 0.383 e. The number of amides is 1. The summed E-state index contributed by atoms with van der Waals surface area (Å²) in [7, 11) is 1.60. The molecule has 0 spiro atoms. The molecule has 30 heavy (non-hydrogen) atoms. The Bertz CT molecular complexity index is 1050. The molecule has 1 N–H and O–H groups in total. The van der Waals surface area contributed by atoms with Gasteiger partial charge in [-0.25, -0.2) is 0 Å². The molecule has 1 atom stereocenters. The number of rotatable bonds is 7. The highest BCUT2D eigenvalue weighted by molar-refractivity contribution is 6.33. The van der Waals surface area contributed by atoms with Gasteiger partial charge in [0.1, 0.15) is 0 Å². The lowest BCUT2D eigenvalue weighted by molar-refractivity contribution is 0.0905. The molecule has 0 aliphatic heterocycles. The summed E-state index contributed by atoms with van der Waals surface area (Å²) in [6, 6.07) is 11.3. The molecule has 0 bridgehead atoms. The van der Waals surface area contributed by atoms with E-state index in [0.717, 1.165) is 16.7 Å². The molecule has 3 aromatic rings. The van der Waals surface area contributed by atoms with E-state index in [1.54, 1.807) is 17.9 Å². The summed E-state index contributed by atoms with van der Waals surface area (Å²) in [6.45, 7) is 8.33. The number of halogens is 1. The third-order valence-corrected chi connectivity index (χ3v) is 4.98. The highest BCUT2D eigenvalue weighted by Gasteiger charge is 2.18. The van der Waals surface area contributed by atoms with Crippen LogP contribution in [0.25, 0.3) is 16.8 Å². The van der Waals surface area contributed by atoms with Gasteiger partial charge in [0.2, 0.25) is 0 Å². The molecule has 0 saturated heterocycles. The van der Waals surface area contributed by atoms with Crippen molar-refractivity contribution < 1.29 is 9.53 Å². The molecule has 3 rings (SSSR count). The van der Waals surface area contributed by atoms with E-state index in [1.165, 1.54) is 0 Å². The fourth-order valence-corrected chi connectivity index (χ4v) is 3.56. The lowest BCUT2D eigenvalue weighted by atomic mass is 10.00. The van der Waals surface area contributed by atoms with Gasteiger partial charge in [-0.05, 0) is 59.7 Å². The van der Waals surface area contributed by atoms with Crippen LogP contribution in [0.4, 0.5) is 0 Å². The van der Waals surface area contributed by atoms with Gasteiger partial charge in [0.25, 0.3) is 5.91 Å². The molecule has 0 fully saturated rings. The smallest absolute Gasteiger partial charge is 0.251 e. The van der Waals surface area contributed by atoms with Crippen molar-refractivity contribution in [1.82, 2.24) is 25.5 Å². The van der Waals surface area contributed by atoms with E-state index in [-0.39, 0.29) is 17.9 Å². The predicted octanol–water partition coefficient (Wildman–Crippen LogP) is 4.18. The van der Waals surface area contributed by atoms with Gasteiger partial charge >= 0.3 is 0 Å². The van der Waals surface area contributed by atoms with Gasteiger partial charge < -0.3 is 10.1 Å². The normalized spacial score (nSPS) is 12.2. The summed E-state index contributed by atoms with van der Waals surface area (Å²) in [5.41, 5.74) is 3.90. The van der Waals surface area contributed by atoms with Crippen LogP contribution in [-0.4, -0.2) is 45.9 Å². The average molecular weight is 428 g/mol. The van der Waals surface area contributed by atoms with E-state index in [4.69, 9.17) is 16.3 Å². The van der Waals surface area contributed by atoms with Crippen molar-refractivity contribution in [3.05, 3.63) is 58.4 Å². The number of aromatic nitrogens is 4. The maximum absolute atomic E-state index is 12.9. The van der Waals surface area contributed by atoms with Crippen molar-refractivity contribution in [3.63, 3.8) is 0 Å². The van der Waals surface area contributed by atoms with Crippen LogP contribution < -0.4 is 5.32 Å². The standard InChI is InChI=1S/C22H26ClN5O2/c1-13(2)21-25-26-27-28(21)18-10-16(19-7-6-14(3)8-20(19)23)9-17(11-18)22(29)24-15(4)12-30-5/h6-11,13,15H,12H2,1-5H3,(H,24,29)/t15-/m1/s1. The molecule has 1 amide bonds. The van der Waals surface area contributed by atoms with Gasteiger partial charge in [0, 0.05) is 35.2 Å². The molecule has 0 saturated carbocycles. The number of tetrazole rings is 1. The minimum atomic E-state index is -0.204. The topological polar surface area (TPSA) is 81.9 Å². The highest BCUT2D eigenvalue weighted by atomic mass is 35.5. The van der Waals surface area contributed by atoms with E-state index in [2.05, 4.69) is 20.8 Å². The van der Waals surface area contributed by atoms with Crippen molar-refractivity contribution in [2.24, 2.45) is 0 Å². The predicted molar refractivity (Wildman–Crippen MR) is 117 cm³/mol. The maximum Gasteiger partial charge on any atom is 0.251 e. The first-order chi connectivity index (χ1) is 14.3. The van der Waals surface area contributed by atoms with Crippen LogP contribution in [0, 0.1) is 6.92 Å². The lowest BCUT2D eigenvalue weighted by Crippen LogP contribution is -2.35. The van der Waals surface area contributed by atoms with E-state index < -0.39 is 0 Å². The average Bonchev–Trinajstić information content (AvgIpc) is 3.18. The quantitative estimate of drug-likeness (QED) is 0.611. The van der Waals surface area contributed by atoms with Crippen molar-refractivity contribution in [2.75, 3.05) is 13.7 Å². The van der Waals surface area contributed by atoms with Crippen LogP contribution in [0.15, 0.2) is 36.4 Å². The number of hydrogen-bond acceptors (Lipinski definition) is 5. The second kappa shape index (κ2) is 9.36. The monoisotopic (exact) mass is 427 g/mol. The second-order valence-electron chi connectivity index (χ2n) is 7.69. The second-order valence-corrected chi connectivity index (χ2v) is 8.09. The van der Waals surface area contributed by atoms with Crippen molar-refractivity contribution in [3.8, 4) is 16.8 Å². The Labute approximate surface area is 181 Å². The molecular formula is C22H26ClN5O2. The minimum Gasteiger partial charge on any atom is -0.383 e. The zero-order chi connectivity index (χ0) is 21.8. The van der Waals surface area contributed by atoms with Crippen LogP contribution in [0.3, 0.4) is 0 Å². The van der Waals surface area contributed by atoms with Crippen LogP contribution in [0.2, 0.25) is 5.02 Å². The molecule has 1 aromatic heterocycles. The van der Waals surface area contributed by atoms with Gasteiger partial charge in [-0.1, -0.05) is 37.6 Å². The fourth-order valence-electron chi connectivity index (χ4n) is 3.21. The summed E-state index contributed by atoms with van der Waals surface area (Å²) in [6.07, 6.45) is 0. The zero-order valence-electron chi connectivity index (χ0n) is 17.8. The number of hydrogen-bond donors (Lipinski definition) is 1. The Morgan fingerprint density at radius 1 is 1.20 bits per heavy atom. The third kappa shape index (κ3) is 4.86. The Hall–Kier alpha value is -2.77. The number of nitrogens with zero attached hydrogens (tertiary/aromatic N) is 4. The van der Waals surface area contributed by atoms with Crippen molar-refractivity contribution in [2.45, 2.75) is 39.7 Å². The molecule has 0 radical (unpaired) electrons. The number of nitrogens with one attached hydrogen (secondary N) is 1. The fraction of sp³-hybridized carbons (Fsp3) is 0.364. The first-order valence-corrected chi connectivity index (χ1v) is 10.2. The number of carbonyl (C=O) groups is 1. The van der Waals surface area contributed by atoms with Gasteiger partial charge in [0.15, 0.2) is 5.82 Å². The maximum atomic E-state index is 12.9. The van der Waals surface area contributed by atoms with Crippen molar-refractivity contribution >= 4 is 17.5 Å². The first kappa shape index (κ1) is 21.9. The molecule has 0 aliphatic rings. The van der Waals surface area contributed by atoms with E-state index >= 15 is 0 Å². The summed E-state index contributed by atoms with van der Waals surface area (Å²) in [4.78, 5) is 12.9.